The average molecular weight is 457 g/mol. The Balaban J connectivity index is 1.59. The maximum Gasteiger partial charge on any atom is 0.412 e. The predicted octanol–water partition coefficient (Wildman–Crippen LogP) is 3.80. The van der Waals surface area contributed by atoms with Gasteiger partial charge in [-0.25, -0.2) is 19.4 Å². The molecule has 3 aromatic rings. The number of hydrogen-bond acceptors (Lipinski definition) is 6. The third-order valence-corrected chi connectivity index (χ3v) is 5.02. The number of nitrogens with one attached hydrogen (secondary N) is 2. The molecule has 166 valence electrons. The third-order valence-electron chi connectivity index (χ3n) is 4.62. The summed E-state index contributed by atoms with van der Waals surface area (Å²) in [7, 11) is 1.50. The van der Waals surface area contributed by atoms with Crippen molar-refractivity contribution in [2.75, 3.05) is 19.0 Å². The molecule has 9 nitrogen and oxygen atoms in total. The zero-order valence-corrected chi connectivity index (χ0v) is 18.2. The number of fused-ring (bicyclic) bond motifs is 1. The molecule has 2 aromatic carbocycles. The summed E-state index contributed by atoms with van der Waals surface area (Å²) in [6.45, 7) is 2.23. The number of nitrogens with two attached hydrogens (primary N) is 1. The number of urea groups is 1. The fourth-order valence-corrected chi connectivity index (χ4v) is 3.17. The lowest BCUT2D eigenvalue weighted by atomic mass is 10.1. The number of carbonyl (C=O) groups is 3. The van der Waals surface area contributed by atoms with Crippen LogP contribution in [-0.4, -0.2) is 36.7 Å². The van der Waals surface area contributed by atoms with Gasteiger partial charge in [-0.3, -0.25) is 0 Å². The number of ether oxygens (including phenoxy) is 2. The lowest BCUT2D eigenvalue weighted by Gasteiger charge is -2.13. The molecule has 0 atom stereocenters. The second kappa shape index (κ2) is 9.97. The summed E-state index contributed by atoms with van der Waals surface area (Å²) >= 11 is 6.08. The topological polar surface area (TPSA) is 133 Å². The van der Waals surface area contributed by atoms with E-state index in [2.05, 4.69) is 20.4 Å². The van der Waals surface area contributed by atoms with Crippen molar-refractivity contribution >= 4 is 46.2 Å². The first-order valence-corrected chi connectivity index (χ1v) is 9.94. The summed E-state index contributed by atoms with van der Waals surface area (Å²) in [5.74, 6) is -0.442. The van der Waals surface area contributed by atoms with E-state index in [0.29, 0.717) is 29.4 Å². The van der Waals surface area contributed by atoms with Gasteiger partial charge in [0.2, 0.25) is 0 Å². The number of carbonyl (C=O) groups excluding carboxylic acids is 3. The van der Waals surface area contributed by atoms with Crippen LogP contribution in [0.2, 0.25) is 5.02 Å². The van der Waals surface area contributed by atoms with Gasteiger partial charge in [0.15, 0.2) is 0 Å². The molecule has 0 saturated carbocycles. The molecule has 32 heavy (non-hydrogen) atoms. The van der Waals surface area contributed by atoms with E-state index in [-0.39, 0.29) is 11.7 Å². The molecule has 1 aromatic heterocycles. The number of methoxy groups -OCH3 is 1. The van der Waals surface area contributed by atoms with Crippen molar-refractivity contribution < 1.29 is 23.9 Å². The Morgan fingerprint density at radius 2 is 1.91 bits per heavy atom. The highest BCUT2D eigenvalue weighted by molar-refractivity contribution is 6.31. The molecule has 0 aliphatic carbocycles. The molecular formula is C22H21ClN4O5. The molecule has 10 heteroatoms. The van der Waals surface area contributed by atoms with Gasteiger partial charge in [-0.05, 0) is 48.1 Å². The van der Waals surface area contributed by atoms with Gasteiger partial charge in [-0.15, -0.1) is 0 Å². The van der Waals surface area contributed by atoms with Gasteiger partial charge in [0.05, 0.1) is 12.8 Å². The van der Waals surface area contributed by atoms with Crippen LogP contribution >= 0.6 is 11.6 Å². The highest BCUT2D eigenvalue weighted by atomic mass is 35.5. The molecule has 0 saturated heterocycles. The van der Waals surface area contributed by atoms with Crippen molar-refractivity contribution in [2.45, 2.75) is 13.3 Å². The summed E-state index contributed by atoms with van der Waals surface area (Å²) in [6, 6.07) is 10.1. The standard InChI is InChI=1S/C22H21ClN4O5/c1-12-7-17(19(31-2)10-16(12)23)27-22(30)25-6-5-13-3-4-14-9-18(20(28)32-21(24)29)26-11-15(14)8-13/h3-4,7-11H,5-6H2,1-2H3,(H2,24,29)(H2,25,27,30). The van der Waals surface area contributed by atoms with Crippen LogP contribution in [0.25, 0.3) is 10.8 Å². The summed E-state index contributed by atoms with van der Waals surface area (Å²) in [5, 5.41) is 7.64. The lowest BCUT2D eigenvalue weighted by Crippen LogP contribution is -2.30. The number of primary amides is 1. The highest BCUT2D eigenvalue weighted by Crippen LogP contribution is 2.30. The molecule has 0 unspecified atom stereocenters. The van der Waals surface area contributed by atoms with Crippen molar-refractivity contribution in [2.24, 2.45) is 5.73 Å². The van der Waals surface area contributed by atoms with Crippen LogP contribution in [0.15, 0.2) is 42.6 Å². The van der Waals surface area contributed by atoms with Gasteiger partial charge in [0, 0.05) is 29.2 Å². The van der Waals surface area contributed by atoms with Crippen molar-refractivity contribution in [1.82, 2.24) is 10.3 Å². The number of hydrogen-bond donors (Lipinski definition) is 3. The summed E-state index contributed by atoms with van der Waals surface area (Å²) in [5.41, 5.74) is 7.13. The largest absolute Gasteiger partial charge is 0.495 e. The summed E-state index contributed by atoms with van der Waals surface area (Å²) in [4.78, 5) is 38.7. The molecule has 0 aliphatic heterocycles. The van der Waals surface area contributed by atoms with Gasteiger partial charge < -0.3 is 25.8 Å². The number of aromatic nitrogens is 1. The Labute approximate surface area is 188 Å². The lowest BCUT2D eigenvalue weighted by molar-refractivity contribution is 0.0632. The Hall–Kier alpha value is -3.85. The second-order valence-corrected chi connectivity index (χ2v) is 7.30. The summed E-state index contributed by atoms with van der Waals surface area (Å²) in [6.07, 6.45) is 0.894. The maximum absolute atomic E-state index is 12.3. The van der Waals surface area contributed by atoms with E-state index in [0.717, 1.165) is 21.9 Å². The molecule has 0 radical (unpaired) electrons. The van der Waals surface area contributed by atoms with E-state index in [9.17, 15) is 14.4 Å². The first kappa shape index (κ1) is 22.8. The molecule has 4 N–H and O–H groups in total. The molecule has 0 fully saturated rings. The van der Waals surface area contributed by atoms with Crippen LogP contribution in [-0.2, 0) is 11.2 Å². The molecule has 0 bridgehead atoms. The number of esters is 1. The molecule has 3 rings (SSSR count). The van der Waals surface area contributed by atoms with Crippen LogP contribution in [0.1, 0.15) is 21.6 Å². The zero-order chi connectivity index (χ0) is 23.3. The molecule has 0 aliphatic rings. The number of nitrogens with zero attached hydrogens (tertiary/aromatic N) is 1. The minimum Gasteiger partial charge on any atom is -0.495 e. The van der Waals surface area contributed by atoms with Gasteiger partial charge in [0.1, 0.15) is 11.4 Å². The Bertz CT molecular complexity index is 1200. The minimum absolute atomic E-state index is 0.0183. The predicted molar refractivity (Wildman–Crippen MR) is 120 cm³/mol. The number of pyridine rings is 1. The van der Waals surface area contributed by atoms with E-state index >= 15 is 0 Å². The monoisotopic (exact) mass is 456 g/mol. The number of rotatable bonds is 6. The minimum atomic E-state index is -1.19. The van der Waals surface area contributed by atoms with Gasteiger partial charge >= 0.3 is 18.1 Å². The fraction of sp³-hybridized carbons (Fsp3) is 0.182. The second-order valence-electron chi connectivity index (χ2n) is 6.89. The number of benzene rings is 2. The van der Waals surface area contributed by atoms with Gasteiger partial charge in [0.25, 0.3) is 0 Å². The van der Waals surface area contributed by atoms with Crippen LogP contribution in [0.3, 0.4) is 0 Å². The van der Waals surface area contributed by atoms with E-state index in [1.807, 2.05) is 25.1 Å². The van der Waals surface area contributed by atoms with E-state index < -0.39 is 12.1 Å². The van der Waals surface area contributed by atoms with Gasteiger partial charge in [-0.2, -0.15) is 0 Å². The number of halogens is 1. The molecule has 3 amide bonds. The normalized spacial score (nSPS) is 10.5. The van der Waals surface area contributed by atoms with E-state index in [4.69, 9.17) is 22.1 Å². The van der Waals surface area contributed by atoms with Crippen LogP contribution < -0.4 is 21.1 Å². The van der Waals surface area contributed by atoms with Crippen molar-refractivity contribution in [3.05, 3.63) is 64.4 Å². The maximum atomic E-state index is 12.3. The highest BCUT2D eigenvalue weighted by Gasteiger charge is 2.13. The van der Waals surface area contributed by atoms with Crippen molar-refractivity contribution in [3.8, 4) is 5.75 Å². The molecule has 1 heterocycles. The van der Waals surface area contributed by atoms with E-state index in [1.54, 1.807) is 12.1 Å². The van der Waals surface area contributed by atoms with Crippen molar-refractivity contribution in [1.29, 1.82) is 0 Å². The zero-order valence-electron chi connectivity index (χ0n) is 17.4. The van der Waals surface area contributed by atoms with Crippen LogP contribution in [0.5, 0.6) is 5.75 Å². The summed E-state index contributed by atoms with van der Waals surface area (Å²) < 4.78 is 9.58. The van der Waals surface area contributed by atoms with Crippen LogP contribution in [0, 0.1) is 6.92 Å². The van der Waals surface area contributed by atoms with E-state index in [1.165, 1.54) is 19.4 Å². The third kappa shape index (κ3) is 5.64. The first-order chi connectivity index (χ1) is 15.3. The van der Waals surface area contributed by atoms with Crippen LogP contribution in [0.4, 0.5) is 15.3 Å². The molecular weight excluding hydrogens is 436 g/mol. The smallest absolute Gasteiger partial charge is 0.412 e. The fourth-order valence-electron chi connectivity index (χ4n) is 3.02. The number of aryl methyl sites for hydroxylation is 1. The Kier molecular flexibility index (Phi) is 7.11. The quantitative estimate of drug-likeness (QED) is 0.381. The van der Waals surface area contributed by atoms with Gasteiger partial charge in [-0.1, -0.05) is 23.7 Å². The Morgan fingerprint density at radius 3 is 2.62 bits per heavy atom. The number of anilines is 1. The molecule has 0 spiro atoms. The number of amides is 3. The first-order valence-electron chi connectivity index (χ1n) is 9.56. The van der Waals surface area contributed by atoms with Crippen molar-refractivity contribution in [3.63, 3.8) is 0 Å². The Morgan fingerprint density at radius 1 is 1.12 bits per heavy atom. The average Bonchev–Trinajstić information content (AvgIpc) is 2.75. The SMILES string of the molecule is COc1cc(Cl)c(C)cc1NC(=O)NCCc1ccc2cc(C(=O)OC(N)=O)ncc2c1.